The third kappa shape index (κ3) is 3.08. The smallest absolute Gasteiger partial charge is 0.267 e. The number of rotatable bonds is 3. The maximum absolute atomic E-state index is 12.6. The molecular formula is C13H20ClN3OS. The van der Waals surface area contributed by atoms with Gasteiger partial charge in [0, 0.05) is 13.1 Å². The highest BCUT2D eigenvalue weighted by molar-refractivity contribution is 7.08. The van der Waals surface area contributed by atoms with Crippen LogP contribution in [0.4, 0.5) is 0 Å². The van der Waals surface area contributed by atoms with Crippen molar-refractivity contribution in [3.05, 3.63) is 10.6 Å². The van der Waals surface area contributed by atoms with Gasteiger partial charge in [0.05, 0.1) is 11.1 Å². The van der Waals surface area contributed by atoms with Crippen molar-refractivity contribution in [2.45, 2.75) is 56.9 Å². The second-order valence-corrected chi connectivity index (χ2v) is 6.74. The molecule has 2 atom stereocenters. The molecule has 0 spiro atoms. The fourth-order valence-corrected chi connectivity index (χ4v) is 3.79. The van der Waals surface area contributed by atoms with E-state index in [0.29, 0.717) is 4.88 Å². The van der Waals surface area contributed by atoms with Crippen molar-refractivity contribution in [3.63, 3.8) is 0 Å². The van der Waals surface area contributed by atoms with E-state index in [4.69, 9.17) is 11.6 Å². The standard InChI is InChI=1S/C13H20ClN3OS/c1-8(2)11-12(19-16-15-11)13(18)17(3)10-7-5-4-6-9(10)14/h8-10H,4-7H2,1-3H3. The summed E-state index contributed by atoms with van der Waals surface area (Å²) in [5.41, 5.74) is 0.795. The summed E-state index contributed by atoms with van der Waals surface area (Å²) in [7, 11) is 1.84. The van der Waals surface area contributed by atoms with Crippen LogP contribution in [0.2, 0.25) is 0 Å². The lowest BCUT2D eigenvalue weighted by Gasteiger charge is -2.34. The fourth-order valence-electron chi connectivity index (χ4n) is 2.54. The molecule has 106 valence electrons. The lowest BCUT2D eigenvalue weighted by molar-refractivity contribution is 0.0703. The highest BCUT2D eigenvalue weighted by Gasteiger charge is 2.32. The van der Waals surface area contributed by atoms with Crippen LogP contribution in [-0.2, 0) is 0 Å². The van der Waals surface area contributed by atoms with E-state index in [0.717, 1.165) is 31.4 Å². The summed E-state index contributed by atoms with van der Waals surface area (Å²) in [6, 6.07) is 0.130. The molecule has 0 radical (unpaired) electrons. The maximum atomic E-state index is 12.6. The number of carbonyl (C=O) groups is 1. The van der Waals surface area contributed by atoms with E-state index in [-0.39, 0.29) is 23.2 Å². The molecule has 1 aromatic rings. The molecule has 1 heterocycles. The summed E-state index contributed by atoms with van der Waals surface area (Å²) in [6.07, 6.45) is 4.27. The zero-order valence-corrected chi connectivity index (χ0v) is 13.2. The molecule has 2 rings (SSSR count). The van der Waals surface area contributed by atoms with Gasteiger partial charge in [-0.1, -0.05) is 31.2 Å². The summed E-state index contributed by atoms with van der Waals surface area (Å²) in [5.74, 6) is 0.223. The lowest BCUT2D eigenvalue weighted by Crippen LogP contribution is -2.44. The molecule has 2 unspecified atom stereocenters. The SMILES string of the molecule is CC(C)c1nnsc1C(=O)N(C)C1CCCCC1Cl. The molecule has 1 saturated carbocycles. The van der Waals surface area contributed by atoms with Crippen LogP contribution in [0, 0.1) is 0 Å². The second kappa shape index (κ2) is 6.18. The summed E-state index contributed by atoms with van der Waals surface area (Å²) in [6.45, 7) is 4.05. The highest BCUT2D eigenvalue weighted by Crippen LogP contribution is 2.29. The van der Waals surface area contributed by atoms with Crippen molar-refractivity contribution in [1.82, 2.24) is 14.5 Å². The van der Waals surface area contributed by atoms with E-state index in [1.807, 2.05) is 20.9 Å². The van der Waals surface area contributed by atoms with Crippen LogP contribution < -0.4 is 0 Å². The zero-order chi connectivity index (χ0) is 14.0. The Morgan fingerprint density at radius 1 is 1.42 bits per heavy atom. The molecule has 19 heavy (non-hydrogen) atoms. The van der Waals surface area contributed by atoms with Gasteiger partial charge in [-0.2, -0.15) is 0 Å². The van der Waals surface area contributed by atoms with Gasteiger partial charge in [0.25, 0.3) is 5.91 Å². The summed E-state index contributed by atoms with van der Waals surface area (Å²) in [5, 5.41) is 4.13. The number of carbonyl (C=O) groups excluding carboxylic acids is 1. The Hall–Kier alpha value is -0.680. The van der Waals surface area contributed by atoms with Crippen molar-refractivity contribution in [2.75, 3.05) is 7.05 Å². The monoisotopic (exact) mass is 301 g/mol. The van der Waals surface area contributed by atoms with Gasteiger partial charge in [0.15, 0.2) is 0 Å². The number of nitrogens with zero attached hydrogens (tertiary/aromatic N) is 3. The maximum Gasteiger partial charge on any atom is 0.267 e. The Bertz CT molecular complexity index is 449. The lowest BCUT2D eigenvalue weighted by atomic mass is 9.93. The fraction of sp³-hybridized carbons (Fsp3) is 0.769. The molecule has 0 saturated heterocycles. The third-order valence-electron chi connectivity index (χ3n) is 3.72. The Morgan fingerprint density at radius 3 is 2.74 bits per heavy atom. The second-order valence-electron chi connectivity index (χ2n) is 5.43. The average molecular weight is 302 g/mol. The van der Waals surface area contributed by atoms with Crippen molar-refractivity contribution < 1.29 is 4.79 Å². The van der Waals surface area contributed by atoms with Gasteiger partial charge in [-0.3, -0.25) is 4.79 Å². The minimum absolute atomic E-state index is 0.0104. The number of halogens is 1. The normalized spacial score (nSPS) is 23.6. The predicted octanol–water partition coefficient (Wildman–Crippen LogP) is 3.28. The molecule has 1 aromatic heterocycles. The van der Waals surface area contributed by atoms with Gasteiger partial charge in [-0.25, -0.2) is 0 Å². The molecule has 1 aliphatic carbocycles. The Morgan fingerprint density at radius 2 is 2.11 bits per heavy atom. The van der Waals surface area contributed by atoms with Crippen molar-refractivity contribution in [1.29, 1.82) is 0 Å². The van der Waals surface area contributed by atoms with Crippen molar-refractivity contribution in [2.24, 2.45) is 0 Å². The van der Waals surface area contributed by atoms with Gasteiger partial charge >= 0.3 is 0 Å². The predicted molar refractivity (Wildman–Crippen MR) is 78.0 cm³/mol. The van der Waals surface area contributed by atoms with E-state index >= 15 is 0 Å². The Balaban J connectivity index is 2.16. The van der Waals surface area contributed by atoms with E-state index in [1.165, 1.54) is 11.5 Å². The van der Waals surface area contributed by atoms with Gasteiger partial charge in [-0.05, 0) is 30.3 Å². The molecule has 0 aliphatic heterocycles. The number of alkyl halides is 1. The van der Waals surface area contributed by atoms with E-state index in [9.17, 15) is 4.79 Å². The van der Waals surface area contributed by atoms with Gasteiger partial charge in [-0.15, -0.1) is 16.7 Å². The van der Waals surface area contributed by atoms with Crippen LogP contribution in [0.25, 0.3) is 0 Å². The first-order chi connectivity index (χ1) is 9.02. The molecule has 0 aromatic carbocycles. The summed E-state index contributed by atoms with van der Waals surface area (Å²) in [4.78, 5) is 15.0. The molecule has 1 amide bonds. The van der Waals surface area contributed by atoms with E-state index in [1.54, 1.807) is 4.90 Å². The van der Waals surface area contributed by atoms with Gasteiger partial charge in [0.2, 0.25) is 0 Å². The Kier molecular flexibility index (Phi) is 4.79. The van der Waals surface area contributed by atoms with Crippen LogP contribution in [0.5, 0.6) is 0 Å². The summed E-state index contributed by atoms with van der Waals surface area (Å²) < 4.78 is 3.92. The van der Waals surface area contributed by atoms with Crippen molar-refractivity contribution >= 4 is 29.0 Å². The first kappa shape index (κ1) is 14.7. The minimum atomic E-state index is 0.0104. The van der Waals surface area contributed by atoms with Gasteiger partial charge in [0.1, 0.15) is 4.88 Å². The number of hydrogen-bond donors (Lipinski definition) is 0. The molecule has 1 fully saturated rings. The van der Waals surface area contributed by atoms with E-state index < -0.39 is 0 Å². The first-order valence-corrected chi connectivity index (χ1v) is 7.96. The topological polar surface area (TPSA) is 46.1 Å². The van der Waals surface area contributed by atoms with Crippen molar-refractivity contribution in [3.8, 4) is 0 Å². The third-order valence-corrected chi connectivity index (χ3v) is 4.96. The van der Waals surface area contributed by atoms with Crippen LogP contribution in [-0.4, -0.2) is 38.9 Å². The average Bonchev–Trinajstić information content (AvgIpc) is 2.87. The quantitative estimate of drug-likeness (QED) is 0.805. The molecule has 6 heteroatoms. The minimum Gasteiger partial charge on any atom is -0.336 e. The van der Waals surface area contributed by atoms with Crippen LogP contribution in [0.1, 0.15) is 60.8 Å². The van der Waals surface area contributed by atoms with Crippen LogP contribution in [0.15, 0.2) is 0 Å². The molecule has 4 nitrogen and oxygen atoms in total. The molecular weight excluding hydrogens is 282 g/mol. The molecule has 0 N–H and O–H groups in total. The van der Waals surface area contributed by atoms with Gasteiger partial charge < -0.3 is 4.90 Å². The van der Waals surface area contributed by atoms with Crippen LogP contribution >= 0.6 is 23.1 Å². The molecule has 0 bridgehead atoms. The number of hydrogen-bond acceptors (Lipinski definition) is 4. The number of amides is 1. The zero-order valence-electron chi connectivity index (χ0n) is 11.6. The van der Waals surface area contributed by atoms with Crippen LogP contribution in [0.3, 0.4) is 0 Å². The molecule has 1 aliphatic rings. The first-order valence-electron chi connectivity index (χ1n) is 6.75. The summed E-state index contributed by atoms with van der Waals surface area (Å²) >= 11 is 7.55. The largest absolute Gasteiger partial charge is 0.336 e. The Labute approximate surface area is 123 Å². The highest BCUT2D eigenvalue weighted by atomic mass is 35.5. The van der Waals surface area contributed by atoms with E-state index in [2.05, 4.69) is 9.59 Å². The number of aromatic nitrogens is 2.